The fourth-order valence-electron chi connectivity index (χ4n) is 3.10. The van der Waals surface area contributed by atoms with E-state index in [2.05, 4.69) is 18.3 Å². The van der Waals surface area contributed by atoms with E-state index in [9.17, 15) is 10.1 Å². The number of anilines is 1. The van der Waals surface area contributed by atoms with Crippen LogP contribution in [-0.2, 0) is 17.6 Å². The largest absolute Gasteiger partial charge is 0.494 e. The van der Waals surface area contributed by atoms with Crippen LogP contribution in [0.1, 0.15) is 42.2 Å². The quantitative estimate of drug-likeness (QED) is 0.692. The van der Waals surface area contributed by atoms with Crippen LogP contribution in [0.4, 0.5) is 5.00 Å². The van der Waals surface area contributed by atoms with Crippen molar-refractivity contribution in [2.45, 2.75) is 39.0 Å². The molecule has 1 aliphatic carbocycles. The first kappa shape index (κ1) is 18.8. The van der Waals surface area contributed by atoms with Gasteiger partial charge in [-0.3, -0.25) is 4.79 Å². The topological polar surface area (TPSA) is 62.1 Å². The number of carbonyl (C=O) groups is 1. The zero-order valence-electron chi connectivity index (χ0n) is 14.7. The molecule has 3 rings (SSSR count). The van der Waals surface area contributed by atoms with E-state index in [-0.39, 0.29) is 5.91 Å². The van der Waals surface area contributed by atoms with Gasteiger partial charge in [-0.15, -0.1) is 11.3 Å². The summed E-state index contributed by atoms with van der Waals surface area (Å²) < 4.78 is 5.60. The zero-order valence-corrected chi connectivity index (χ0v) is 16.3. The normalized spacial score (nSPS) is 15.8. The van der Waals surface area contributed by atoms with Gasteiger partial charge in [0.2, 0.25) is 5.91 Å². The predicted molar refractivity (Wildman–Crippen MR) is 105 cm³/mol. The Morgan fingerprint density at radius 3 is 2.92 bits per heavy atom. The second kappa shape index (κ2) is 8.57. The summed E-state index contributed by atoms with van der Waals surface area (Å²) in [5, 5.41) is 13.8. The van der Waals surface area contributed by atoms with E-state index < -0.39 is 0 Å². The monoisotopic (exact) mass is 388 g/mol. The average Bonchev–Trinajstić information content (AvgIpc) is 2.96. The molecule has 1 aromatic heterocycles. The Hall–Kier alpha value is -2.03. The molecule has 0 spiro atoms. The Bertz CT molecular complexity index is 824. The van der Waals surface area contributed by atoms with Gasteiger partial charge in [-0.1, -0.05) is 18.5 Å². The van der Waals surface area contributed by atoms with Crippen molar-refractivity contribution < 1.29 is 9.53 Å². The molecule has 0 unspecified atom stereocenters. The molecule has 6 heteroatoms. The number of thiophene rings is 1. The molecular formula is C20H21ClN2O2S. The summed E-state index contributed by atoms with van der Waals surface area (Å²) in [6.07, 6.45) is 4.00. The molecule has 0 fully saturated rings. The highest BCUT2D eigenvalue weighted by Crippen LogP contribution is 2.39. The molecular weight excluding hydrogens is 368 g/mol. The van der Waals surface area contributed by atoms with Gasteiger partial charge in [0.1, 0.15) is 16.8 Å². The maximum absolute atomic E-state index is 12.2. The van der Waals surface area contributed by atoms with Crippen molar-refractivity contribution in [3.8, 4) is 11.8 Å². The molecule has 0 saturated carbocycles. The average molecular weight is 389 g/mol. The fourth-order valence-corrected chi connectivity index (χ4v) is 4.60. The molecule has 0 radical (unpaired) electrons. The van der Waals surface area contributed by atoms with Gasteiger partial charge in [-0.2, -0.15) is 5.26 Å². The lowest BCUT2D eigenvalue weighted by molar-refractivity contribution is -0.116. The number of rotatable bonds is 6. The first-order chi connectivity index (χ1) is 12.6. The Morgan fingerprint density at radius 1 is 1.42 bits per heavy atom. The fraction of sp³-hybridized carbons (Fsp3) is 0.400. The number of nitrogens with zero attached hydrogens (tertiary/aromatic N) is 1. The van der Waals surface area contributed by atoms with Gasteiger partial charge in [-0.05, 0) is 61.4 Å². The SMILES string of the molecule is C[C@H]1CCc2c(sc(NC(=O)CCCOc3ccc(Cl)cc3)c2C#N)C1. The second-order valence-corrected chi connectivity index (χ2v) is 8.16. The summed E-state index contributed by atoms with van der Waals surface area (Å²) >= 11 is 7.39. The number of halogens is 1. The highest BCUT2D eigenvalue weighted by molar-refractivity contribution is 7.16. The van der Waals surface area contributed by atoms with Crippen molar-refractivity contribution >= 4 is 33.8 Å². The molecule has 4 nitrogen and oxygen atoms in total. The number of nitrogens with one attached hydrogen (secondary N) is 1. The lowest BCUT2D eigenvalue weighted by atomic mass is 9.89. The van der Waals surface area contributed by atoms with Crippen molar-refractivity contribution in [1.29, 1.82) is 5.26 Å². The first-order valence-electron chi connectivity index (χ1n) is 8.79. The Morgan fingerprint density at radius 2 is 2.19 bits per heavy atom. The summed E-state index contributed by atoms with van der Waals surface area (Å²) in [7, 11) is 0. The van der Waals surface area contributed by atoms with E-state index in [0.717, 1.165) is 30.6 Å². The van der Waals surface area contributed by atoms with Crippen LogP contribution in [0.2, 0.25) is 5.02 Å². The van der Waals surface area contributed by atoms with Gasteiger partial charge < -0.3 is 10.1 Å². The third-order valence-corrected chi connectivity index (χ3v) is 5.93. The van der Waals surface area contributed by atoms with Crippen molar-refractivity contribution in [2.24, 2.45) is 5.92 Å². The standard InChI is InChI=1S/C20H21ClN2O2S/c1-13-4-9-16-17(12-22)20(26-18(16)11-13)23-19(24)3-2-10-25-15-7-5-14(21)6-8-15/h5-8,13H,2-4,9-11H2,1H3,(H,23,24)/t13-/m0/s1. The van der Waals surface area contributed by atoms with E-state index in [1.165, 1.54) is 4.88 Å². The van der Waals surface area contributed by atoms with Crippen LogP contribution < -0.4 is 10.1 Å². The highest BCUT2D eigenvalue weighted by Gasteiger charge is 2.24. The summed E-state index contributed by atoms with van der Waals surface area (Å²) in [4.78, 5) is 13.5. The minimum absolute atomic E-state index is 0.0761. The summed E-state index contributed by atoms with van der Waals surface area (Å²) in [6, 6.07) is 9.43. The van der Waals surface area contributed by atoms with E-state index in [4.69, 9.17) is 16.3 Å². The van der Waals surface area contributed by atoms with E-state index in [1.54, 1.807) is 35.6 Å². The smallest absolute Gasteiger partial charge is 0.225 e. The predicted octanol–water partition coefficient (Wildman–Crippen LogP) is 5.20. The maximum atomic E-state index is 12.2. The molecule has 136 valence electrons. The molecule has 1 heterocycles. The lowest BCUT2D eigenvalue weighted by Gasteiger charge is -2.17. The lowest BCUT2D eigenvalue weighted by Crippen LogP contribution is -2.13. The minimum atomic E-state index is -0.0761. The number of amides is 1. The van der Waals surface area contributed by atoms with Gasteiger partial charge in [-0.25, -0.2) is 0 Å². The van der Waals surface area contributed by atoms with Crippen LogP contribution in [0, 0.1) is 17.2 Å². The van der Waals surface area contributed by atoms with E-state index in [1.807, 2.05) is 0 Å². The van der Waals surface area contributed by atoms with E-state index >= 15 is 0 Å². The van der Waals surface area contributed by atoms with Crippen molar-refractivity contribution in [3.63, 3.8) is 0 Å². The third kappa shape index (κ3) is 4.57. The number of benzene rings is 1. The van der Waals surface area contributed by atoms with Crippen LogP contribution in [0.25, 0.3) is 0 Å². The van der Waals surface area contributed by atoms with Gasteiger partial charge in [0, 0.05) is 16.3 Å². The molecule has 1 atom stereocenters. The van der Waals surface area contributed by atoms with Crippen LogP contribution in [-0.4, -0.2) is 12.5 Å². The van der Waals surface area contributed by atoms with Gasteiger partial charge in [0.15, 0.2) is 0 Å². The number of hydrogen-bond acceptors (Lipinski definition) is 4. The molecule has 0 saturated heterocycles. The summed E-state index contributed by atoms with van der Waals surface area (Å²) in [5.74, 6) is 1.30. The minimum Gasteiger partial charge on any atom is -0.494 e. The van der Waals surface area contributed by atoms with Crippen LogP contribution in [0.3, 0.4) is 0 Å². The second-order valence-electron chi connectivity index (χ2n) is 6.62. The molecule has 26 heavy (non-hydrogen) atoms. The van der Waals surface area contributed by atoms with Gasteiger partial charge in [0.05, 0.1) is 12.2 Å². The maximum Gasteiger partial charge on any atom is 0.225 e. The number of nitriles is 1. The Kier molecular flexibility index (Phi) is 6.18. The van der Waals surface area contributed by atoms with Crippen molar-refractivity contribution in [3.05, 3.63) is 45.3 Å². The molecule has 1 aliphatic rings. The van der Waals surface area contributed by atoms with Crippen LogP contribution in [0.15, 0.2) is 24.3 Å². The zero-order chi connectivity index (χ0) is 18.5. The third-order valence-electron chi connectivity index (χ3n) is 4.51. The molecule has 0 aliphatic heterocycles. The summed E-state index contributed by atoms with van der Waals surface area (Å²) in [5.41, 5.74) is 1.79. The van der Waals surface area contributed by atoms with Gasteiger partial charge >= 0.3 is 0 Å². The molecule has 2 aromatic rings. The number of carbonyl (C=O) groups excluding carboxylic acids is 1. The number of hydrogen-bond donors (Lipinski definition) is 1. The van der Waals surface area contributed by atoms with Crippen molar-refractivity contribution in [1.82, 2.24) is 0 Å². The highest BCUT2D eigenvalue weighted by atomic mass is 35.5. The van der Waals surface area contributed by atoms with Crippen LogP contribution >= 0.6 is 22.9 Å². The summed E-state index contributed by atoms with van der Waals surface area (Å²) in [6.45, 7) is 2.69. The number of fused-ring (bicyclic) bond motifs is 1. The Balaban J connectivity index is 1.50. The molecule has 0 bridgehead atoms. The Labute approximate surface area is 162 Å². The van der Waals surface area contributed by atoms with E-state index in [0.29, 0.717) is 41.0 Å². The van der Waals surface area contributed by atoms with Gasteiger partial charge in [0.25, 0.3) is 0 Å². The van der Waals surface area contributed by atoms with Crippen molar-refractivity contribution in [2.75, 3.05) is 11.9 Å². The number of ether oxygens (including phenoxy) is 1. The van der Waals surface area contributed by atoms with Crippen LogP contribution in [0.5, 0.6) is 5.75 Å². The molecule has 1 N–H and O–H groups in total. The molecule has 1 amide bonds. The first-order valence-corrected chi connectivity index (χ1v) is 9.99. The molecule has 1 aromatic carbocycles.